The summed E-state index contributed by atoms with van der Waals surface area (Å²) in [6, 6.07) is 18.5. The van der Waals surface area contributed by atoms with Crippen LogP contribution in [0.5, 0.6) is 0 Å². The molecule has 1 aliphatic carbocycles. The number of nitrogens with one attached hydrogen (secondary N) is 5. The molecule has 3 aromatic carbocycles. The molecule has 2 heterocycles. The van der Waals surface area contributed by atoms with Crippen LogP contribution < -0.4 is 16.0 Å². The number of aromatic amines is 2. The Kier molecular flexibility index (Phi) is 10.2. The van der Waals surface area contributed by atoms with E-state index < -0.39 is 17.7 Å². The number of alkyl carbamates (subject to hydrolysis) is 1. The highest BCUT2D eigenvalue weighted by Crippen LogP contribution is 2.32. The van der Waals surface area contributed by atoms with Gasteiger partial charge in [0.15, 0.2) is 0 Å². The maximum absolute atomic E-state index is 13.9. The fraction of sp³-hybridized carbons (Fsp3) is 0.378. The van der Waals surface area contributed by atoms with Gasteiger partial charge in [-0.05, 0) is 117 Å². The quantitative estimate of drug-likeness (QED) is 0.125. The third kappa shape index (κ3) is 8.52. The standard InChI is InChI=1S/C37H43N9O4/c1-22-8-17-30-29(21-39-42-30)32(22)27-7-5-6-24(18-27)19-31(35(48)40-28-15-13-25(14-16-28)33-43-45-46-44-33)41-34(47)26-11-9-23(10-12-26)20-38-36(49)50-37(2,3)4/h5-8,13-18,21,23,26,31H,9-12,19-20H2,1-4H3,(H,38,49)(H,39,42)(H,40,48)(H,41,47)(H,43,44,45,46)/t23?,26?,31-/m0/s1. The summed E-state index contributed by atoms with van der Waals surface area (Å²) in [4.78, 5) is 39.7. The first-order chi connectivity index (χ1) is 24.0. The Balaban J connectivity index is 1.16. The van der Waals surface area contributed by atoms with Gasteiger partial charge in [-0.3, -0.25) is 14.7 Å². The first-order valence-corrected chi connectivity index (χ1v) is 17.0. The van der Waals surface area contributed by atoms with Crippen molar-refractivity contribution in [2.24, 2.45) is 11.8 Å². The van der Waals surface area contributed by atoms with Crippen molar-refractivity contribution in [3.8, 4) is 22.5 Å². The summed E-state index contributed by atoms with van der Waals surface area (Å²) >= 11 is 0. The minimum absolute atomic E-state index is 0.147. The zero-order chi connectivity index (χ0) is 35.3. The lowest BCUT2D eigenvalue weighted by molar-refractivity contribution is -0.130. The van der Waals surface area contributed by atoms with E-state index in [1.54, 1.807) is 24.3 Å². The SMILES string of the molecule is Cc1ccc2[nH]ncc2c1-c1cccc(C[C@H](NC(=O)C2CCC(CNC(=O)OC(C)(C)C)CC2)C(=O)Nc2ccc(-c3nn[nH]n3)cc2)c1. The lowest BCUT2D eigenvalue weighted by Crippen LogP contribution is -2.48. The molecule has 13 nitrogen and oxygen atoms in total. The molecule has 50 heavy (non-hydrogen) atoms. The number of tetrazole rings is 1. The van der Waals surface area contributed by atoms with Crippen LogP contribution in [-0.4, -0.2) is 66.9 Å². The number of fused-ring (bicyclic) bond motifs is 1. The van der Waals surface area contributed by atoms with Crippen molar-refractivity contribution >= 4 is 34.5 Å². The number of nitrogens with zero attached hydrogens (tertiary/aromatic N) is 4. The minimum Gasteiger partial charge on any atom is -0.444 e. The number of aryl methyl sites for hydroxylation is 1. The molecule has 6 rings (SSSR count). The molecule has 1 saturated carbocycles. The van der Waals surface area contributed by atoms with Crippen LogP contribution in [0.4, 0.5) is 10.5 Å². The van der Waals surface area contributed by atoms with E-state index in [-0.39, 0.29) is 23.7 Å². The number of aromatic nitrogens is 6. The number of ether oxygens (including phenoxy) is 1. The summed E-state index contributed by atoms with van der Waals surface area (Å²) in [6.45, 7) is 8.06. The van der Waals surface area contributed by atoms with Gasteiger partial charge in [0.1, 0.15) is 11.6 Å². The van der Waals surface area contributed by atoms with Crippen LogP contribution in [0.2, 0.25) is 0 Å². The van der Waals surface area contributed by atoms with Crippen molar-refractivity contribution in [1.29, 1.82) is 0 Å². The van der Waals surface area contributed by atoms with Crippen molar-refractivity contribution in [3.05, 3.63) is 78.0 Å². The molecule has 0 radical (unpaired) electrons. The summed E-state index contributed by atoms with van der Waals surface area (Å²) in [5.41, 5.74) is 5.81. The molecule has 1 fully saturated rings. The van der Waals surface area contributed by atoms with Crippen LogP contribution in [0.3, 0.4) is 0 Å². The van der Waals surface area contributed by atoms with E-state index in [0.29, 0.717) is 37.3 Å². The van der Waals surface area contributed by atoms with Gasteiger partial charge < -0.3 is 20.7 Å². The van der Waals surface area contributed by atoms with E-state index in [1.807, 2.05) is 51.2 Å². The van der Waals surface area contributed by atoms with Crippen LogP contribution in [0.25, 0.3) is 33.4 Å². The van der Waals surface area contributed by atoms with Crippen molar-refractivity contribution in [3.63, 3.8) is 0 Å². The molecule has 3 amide bonds. The molecule has 260 valence electrons. The molecule has 13 heteroatoms. The number of carbonyl (C=O) groups is 3. The van der Waals surface area contributed by atoms with Crippen LogP contribution in [0, 0.1) is 18.8 Å². The summed E-state index contributed by atoms with van der Waals surface area (Å²) in [7, 11) is 0. The van der Waals surface area contributed by atoms with E-state index >= 15 is 0 Å². The predicted octanol–water partition coefficient (Wildman–Crippen LogP) is 5.72. The number of H-pyrrole nitrogens is 2. The van der Waals surface area contributed by atoms with Crippen molar-refractivity contribution < 1.29 is 19.1 Å². The number of rotatable bonds is 10. The Morgan fingerprint density at radius 1 is 0.980 bits per heavy atom. The monoisotopic (exact) mass is 677 g/mol. The van der Waals surface area contributed by atoms with Gasteiger partial charge in [0.2, 0.25) is 17.6 Å². The van der Waals surface area contributed by atoms with Crippen molar-refractivity contribution in [1.82, 2.24) is 41.5 Å². The van der Waals surface area contributed by atoms with Crippen LogP contribution in [-0.2, 0) is 20.7 Å². The maximum Gasteiger partial charge on any atom is 0.407 e. The fourth-order valence-electron chi connectivity index (χ4n) is 6.48. The smallest absolute Gasteiger partial charge is 0.407 e. The van der Waals surface area contributed by atoms with E-state index in [1.165, 1.54) is 0 Å². The molecule has 0 spiro atoms. The van der Waals surface area contributed by atoms with E-state index in [2.05, 4.69) is 65.8 Å². The van der Waals surface area contributed by atoms with Gasteiger partial charge in [-0.15, -0.1) is 10.2 Å². The normalized spacial score (nSPS) is 16.8. The van der Waals surface area contributed by atoms with Crippen molar-refractivity contribution in [2.45, 2.75) is 71.4 Å². The molecule has 0 aliphatic heterocycles. The Morgan fingerprint density at radius 3 is 2.48 bits per heavy atom. The van der Waals surface area contributed by atoms with Gasteiger partial charge in [-0.25, -0.2) is 4.79 Å². The third-order valence-corrected chi connectivity index (χ3v) is 9.03. The summed E-state index contributed by atoms with van der Waals surface area (Å²) in [5, 5.41) is 31.3. The third-order valence-electron chi connectivity index (χ3n) is 9.03. The molecule has 1 atom stereocenters. The lowest BCUT2D eigenvalue weighted by Gasteiger charge is -2.29. The number of benzene rings is 3. The van der Waals surface area contributed by atoms with Gasteiger partial charge in [0.05, 0.1) is 11.7 Å². The lowest BCUT2D eigenvalue weighted by atomic mass is 9.81. The molecular formula is C37H43N9O4. The first kappa shape index (κ1) is 34.3. The van der Waals surface area contributed by atoms with Crippen LogP contribution >= 0.6 is 0 Å². The second-order valence-corrected chi connectivity index (χ2v) is 14.0. The highest BCUT2D eigenvalue weighted by Gasteiger charge is 2.30. The number of anilines is 1. The number of carbonyl (C=O) groups excluding carboxylic acids is 3. The largest absolute Gasteiger partial charge is 0.444 e. The molecule has 5 N–H and O–H groups in total. The number of amides is 3. The van der Waals surface area contributed by atoms with Gasteiger partial charge in [0.25, 0.3) is 0 Å². The second-order valence-electron chi connectivity index (χ2n) is 14.0. The molecule has 1 aliphatic rings. The van der Waals surface area contributed by atoms with Gasteiger partial charge in [0, 0.05) is 35.5 Å². The zero-order valence-electron chi connectivity index (χ0n) is 28.7. The Labute approximate surface area is 290 Å². The predicted molar refractivity (Wildman–Crippen MR) is 190 cm³/mol. The minimum atomic E-state index is -0.827. The van der Waals surface area contributed by atoms with Gasteiger partial charge in [-0.1, -0.05) is 30.3 Å². The molecule has 2 aromatic heterocycles. The van der Waals surface area contributed by atoms with E-state index in [4.69, 9.17) is 4.74 Å². The van der Waals surface area contributed by atoms with Gasteiger partial charge >= 0.3 is 6.09 Å². The Morgan fingerprint density at radius 2 is 1.76 bits per heavy atom. The molecule has 0 bridgehead atoms. The molecule has 5 aromatic rings. The fourth-order valence-corrected chi connectivity index (χ4v) is 6.48. The average Bonchev–Trinajstić information content (AvgIpc) is 3.80. The highest BCUT2D eigenvalue weighted by atomic mass is 16.6. The van der Waals surface area contributed by atoms with E-state index in [9.17, 15) is 14.4 Å². The summed E-state index contributed by atoms with van der Waals surface area (Å²) in [5.74, 6) is 0.00676. The maximum atomic E-state index is 13.9. The summed E-state index contributed by atoms with van der Waals surface area (Å²) < 4.78 is 5.36. The molecule has 0 unspecified atom stereocenters. The average molecular weight is 678 g/mol. The molecular weight excluding hydrogens is 634 g/mol. The number of hydrogen-bond acceptors (Lipinski definition) is 8. The Hall–Kier alpha value is -5.59. The first-order valence-electron chi connectivity index (χ1n) is 17.0. The Bertz CT molecular complexity index is 1940. The van der Waals surface area contributed by atoms with E-state index in [0.717, 1.165) is 51.6 Å². The molecule has 0 saturated heterocycles. The van der Waals surface area contributed by atoms with Gasteiger partial charge in [-0.2, -0.15) is 10.3 Å². The van der Waals surface area contributed by atoms with Crippen molar-refractivity contribution in [2.75, 3.05) is 11.9 Å². The topological polar surface area (TPSA) is 180 Å². The number of hydrogen-bond donors (Lipinski definition) is 5. The van der Waals surface area contributed by atoms with Crippen LogP contribution in [0.15, 0.2) is 66.9 Å². The second kappa shape index (κ2) is 14.9. The van der Waals surface area contributed by atoms with Crippen LogP contribution in [0.1, 0.15) is 57.6 Å². The highest BCUT2D eigenvalue weighted by molar-refractivity contribution is 5.98. The summed E-state index contributed by atoms with van der Waals surface area (Å²) in [6.07, 6.45) is 4.60. The zero-order valence-corrected chi connectivity index (χ0v) is 28.7.